The summed E-state index contributed by atoms with van der Waals surface area (Å²) in [7, 11) is 0. The fourth-order valence-electron chi connectivity index (χ4n) is 0. The number of carboxylic acid groups (broad SMARTS) is 6. The average Bonchev–Trinajstić information content (AvgIpc) is 2.69. The number of carbonyl (C=O) groups excluding carboxylic acids is 6. The van der Waals surface area contributed by atoms with Crippen LogP contribution in [-0.2, 0) is 28.8 Å². The summed E-state index contributed by atoms with van der Waals surface area (Å²) in [5.41, 5.74) is 0. The zero-order valence-electron chi connectivity index (χ0n) is 20.8. The van der Waals surface area contributed by atoms with Gasteiger partial charge < -0.3 is 90.0 Å². The number of hydrogen-bond acceptors (Lipinski definition) is 18. The Bertz CT molecular complexity index is 489. The van der Waals surface area contributed by atoms with E-state index in [0.717, 1.165) is 41.5 Å². The topological polar surface area (TPSA) is 362 Å². The van der Waals surface area contributed by atoms with E-state index in [1.807, 2.05) is 0 Å². The molecule has 6 N–H and O–H groups in total. The minimum absolute atomic E-state index is 0. The molecule has 0 rings (SSSR count). The summed E-state index contributed by atoms with van der Waals surface area (Å²) < 4.78 is 0. The fourth-order valence-corrected chi connectivity index (χ4v) is 0. The van der Waals surface area contributed by atoms with Crippen LogP contribution in [0.15, 0.2) is 0 Å². The van der Waals surface area contributed by atoms with E-state index in [1.165, 1.54) is 0 Å². The molecule has 0 heterocycles. The molecule has 216 valence electrons. The van der Waals surface area contributed by atoms with Gasteiger partial charge in [-0.25, -0.2) is 0 Å². The van der Waals surface area contributed by atoms with Crippen LogP contribution in [0, 0.1) is 0 Å². The Morgan fingerprint density at radius 2 is 0.378 bits per heavy atom. The second-order valence-electron chi connectivity index (χ2n) is 5.97. The predicted molar refractivity (Wildman–Crippen MR) is 106 cm³/mol. The van der Waals surface area contributed by atoms with Crippen LogP contribution in [0.4, 0.5) is 0 Å². The summed E-state index contributed by atoms with van der Waals surface area (Å²) in [5, 5.41) is 104. The monoisotopic (exact) mass is 574 g/mol. The minimum Gasteiger partial charge on any atom is -0.547 e. The molecule has 0 aliphatic heterocycles. The Hall–Kier alpha value is -2.16. The number of carbonyl (C=O) groups is 6. The third kappa shape index (κ3) is 71.9. The summed E-state index contributed by atoms with van der Waals surface area (Å²) in [4.78, 5) is 56.0. The molecule has 6 atom stereocenters. The maximum Gasteiger partial charge on any atom is 2.00 e. The van der Waals surface area contributed by atoms with Gasteiger partial charge in [-0.2, -0.15) is 0 Å². The molecule has 0 aromatic heterocycles. The molecular weight excluding hydrogens is 544 g/mol. The van der Waals surface area contributed by atoms with Crippen LogP contribution in [0.2, 0.25) is 0 Å². The molecule has 0 amide bonds. The smallest absolute Gasteiger partial charge is 0.547 e. The third-order valence-corrected chi connectivity index (χ3v) is 2.05. The second kappa shape index (κ2) is 31.9. The zero-order chi connectivity index (χ0) is 30.9. The van der Waals surface area contributed by atoms with Gasteiger partial charge in [0.25, 0.3) is 0 Å². The Morgan fingerprint density at radius 1 is 0.351 bits per heavy atom. The summed E-state index contributed by atoms with van der Waals surface area (Å²) in [5.74, 6) is -8.61. The molecular formula is C18H30CaO18-4. The van der Waals surface area contributed by atoms with E-state index in [1.54, 1.807) is 0 Å². The Kier molecular flexibility index (Phi) is 44.3. The predicted octanol–water partition coefficient (Wildman–Crippen LogP) is -11.7. The van der Waals surface area contributed by atoms with E-state index < -0.39 is 72.4 Å². The molecule has 37 heavy (non-hydrogen) atoms. The third-order valence-electron chi connectivity index (χ3n) is 2.05. The molecule has 0 aliphatic carbocycles. The van der Waals surface area contributed by atoms with E-state index in [-0.39, 0.29) is 37.7 Å². The van der Waals surface area contributed by atoms with Gasteiger partial charge in [0.1, 0.15) is 0 Å². The van der Waals surface area contributed by atoms with Crippen molar-refractivity contribution in [3.63, 3.8) is 0 Å². The molecule has 0 aromatic rings. The van der Waals surface area contributed by atoms with Gasteiger partial charge in [-0.15, -0.1) is 0 Å². The first-order chi connectivity index (χ1) is 15.9. The molecule has 0 bridgehead atoms. The number of aliphatic carboxylic acids is 6. The van der Waals surface area contributed by atoms with Crippen LogP contribution >= 0.6 is 0 Å². The Balaban J connectivity index is -0.0000000581. The van der Waals surface area contributed by atoms with E-state index >= 15 is 0 Å². The number of aliphatic hydroxyl groups is 6. The van der Waals surface area contributed by atoms with Crippen LogP contribution < -0.4 is 30.6 Å². The van der Waals surface area contributed by atoms with Crippen molar-refractivity contribution in [2.75, 3.05) is 0 Å². The van der Waals surface area contributed by atoms with Crippen molar-refractivity contribution in [2.45, 2.75) is 78.2 Å². The SMILES string of the molecule is CC(O)C(=O)[O-].CC(O)C(=O)[O-].CC(O)C(=O)[O-].CC(O)C(=O)[O-].CC(O)C(=O)[O-].CC(O)C(=O)[O-].[Ca+2]. The standard InChI is InChI=1S/6C3H6O3.Ca/c6*1-2(4)3(5)6;/h6*2,4H,1H3,(H,5,6);/q;;;;;;+2/p-6. The quantitative estimate of drug-likeness (QED) is 0.160. The van der Waals surface area contributed by atoms with Gasteiger partial charge in [-0.1, -0.05) is 0 Å². The zero-order valence-corrected chi connectivity index (χ0v) is 23.0. The first kappa shape index (κ1) is 51.5. The molecule has 0 saturated heterocycles. The Morgan fingerprint density at radius 3 is 0.378 bits per heavy atom. The Labute approximate surface area is 241 Å². The van der Waals surface area contributed by atoms with Gasteiger partial charge in [0.15, 0.2) is 0 Å². The first-order valence-corrected chi connectivity index (χ1v) is 9.19. The van der Waals surface area contributed by atoms with Crippen molar-refractivity contribution in [3.05, 3.63) is 0 Å². The van der Waals surface area contributed by atoms with Crippen molar-refractivity contribution in [1.29, 1.82) is 0 Å². The molecule has 0 fully saturated rings. The maximum atomic E-state index is 9.34. The normalized spacial score (nSPS) is 13.3. The van der Waals surface area contributed by atoms with Crippen LogP contribution in [0.1, 0.15) is 41.5 Å². The second-order valence-corrected chi connectivity index (χ2v) is 5.97. The molecule has 0 spiro atoms. The van der Waals surface area contributed by atoms with Crippen molar-refractivity contribution in [1.82, 2.24) is 0 Å². The van der Waals surface area contributed by atoms with Gasteiger partial charge in [0, 0.05) is 0 Å². The van der Waals surface area contributed by atoms with Gasteiger partial charge >= 0.3 is 37.7 Å². The van der Waals surface area contributed by atoms with Crippen molar-refractivity contribution < 1.29 is 90.0 Å². The summed E-state index contributed by atoms with van der Waals surface area (Å²) in [6, 6.07) is 0. The van der Waals surface area contributed by atoms with Gasteiger partial charge in [0.2, 0.25) is 0 Å². The average molecular weight is 574 g/mol. The number of carboxylic acids is 6. The molecule has 0 aliphatic rings. The van der Waals surface area contributed by atoms with Crippen molar-refractivity contribution >= 4 is 73.6 Å². The molecule has 18 nitrogen and oxygen atoms in total. The van der Waals surface area contributed by atoms with E-state index in [2.05, 4.69) is 0 Å². The molecule has 0 saturated carbocycles. The summed E-state index contributed by atoms with van der Waals surface area (Å²) in [6.07, 6.45) is -8.06. The van der Waals surface area contributed by atoms with Gasteiger partial charge in [-0.05, 0) is 41.5 Å². The molecule has 6 unspecified atom stereocenters. The van der Waals surface area contributed by atoms with Crippen LogP contribution in [-0.4, -0.2) is 141 Å². The van der Waals surface area contributed by atoms with E-state index in [9.17, 15) is 59.4 Å². The fraction of sp³-hybridized carbons (Fsp3) is 0.667. The number of aliphatic hydroxyl groups excluding tert-OH is 6. The first-order valence-electron chi connectivity index (χ1n) is 9.19. The summed E-state index contributed by atoms with van der Waals surface area (Å²) >= 11 is 0. The van der Waals surface area contributed by atoms with Crippen LogP contribution in [0.25, 0.3) is 0 Å². The van der Waals surface area contributed by atoms with E-state index in [4.69, 9.17) is 30.6 Å². The van der Waals surface area contributed by atoms with Gasteiger partial charge in [0.05, 0.1) is 72.4 Å². The summed E-state index contributed by atoms with van der Waals surface area (Å²) in [6.45, 7) is 6.81. The molecule has 0 aromatic carbocycles. The molecule has 19 heteroatoms. The van der Waals surface area contributed by atoms with E-state index in [0.29, 0.717) is 0 Å². The van der Waals surface area contributed by atoms with Crippen LogP contribution in [0.3, 0.4) is 0 Å². The van der Waals surface area contributed by atoms with Crippen molar-refractivity contribution in [2.24, 2.45) is 0 Å². The molecule has 0 radical (unpaired) electrons. The minimum atomic E-state index is -1.44. The number of hydrogen-bond donors (Lipinski definition) is 6. The maximum absolute atomic E-state index is 9.34. The van der Waals surface area contributed by atoms with Gasteiger partial charge in [-0.3, -0.25) is 0 Å². The largest absolute Gasteiger partial charge is 2.00 e. The van der Waals surface area contributed by atoms with Crippen molar-refractivity contribution in [3.8, 4) is 0 Å². The number of rotatable bonds is 6. The van der Waals surface area contributed by atoms with Crippen LogP contribution in [0.5, 0.6) is 0 Å².